The molecule has 8 heteroatoms. The summed E-state index contributed by atoms with van der Waals surface area (Å²) in [6.07, 6.45) is 1.77. The lowest BCUT2D eigenvalue weighted by Gasteiger charge is -2.11. The van der Waals surface area contributed by atoms with E-state index in [0.717, 1.165) is 18.4 Å². The van der Waals surface area contributed by atoms with E-state index in [1.165, 1.54) is 0 Å². The van der Waals surface area contributed by atoms with Gasteiger partial charge in [-0.25, -0.2) is 13.1 Å². The lowest BCUT2D eigenvalue weighted by atomic mass is 10.2. The molecule has 1 fully saturated rings. The fourth-order valence-corrected chi connectivity index (χ4v) is 3.54. The molecule has 0 aromatic heterocycles. The van der Waals surface area contributed by atoms with Gasteiger partial charge < -0.3 is 10.6 Å². The van der Waals surface area contributed by atoms with Crippen molar-refractivity contribution in [2.24, 2.45) is 5.92 Å². The number of benzene rings is 1. The lowest BCUT2D eigenvalue weighted by molar-refractivity contribution is -0.126. The summed E-state index contributed by atoms with van der Waals surface area (Å²) in [5.41, 5.74) is 1.53. The van der Waals surface area contributed by atoms with Crippen molar-refractivity contribution < 1.29 is 18.0 Å². The molecule has 0 heterocycles. The number of rotatable bonds is 8. The number of sulfonamides is 1. The Labute approximate surface area is 142 Å². The summed E-state index contributed by atoms with van der Waals surface area (Å²) in [5, 5.41) is 5.12. The number of carbonyl (C=O) groups excluding carboxylic acids is 2. The number of hydrogen-bond donors (Lipinski definition) is 3. The highest BCUT2D eigenvalue weighted by Gasteiger charge is 2.29. The van der Waals surface area contributed by atoms with Crippen molar-refractivity contribution >= 4 is 21.8 Å². The van der Waals surface area contributed by atoms with Crippen molar-refractivity contribution in [2.75, 3.05) is 19.6 Å². The summed E-state index contributed by atoms with van der Waals surface area (Å²) >= 11 is 0. The monoisotopic (exact) mass is 353 g/mol. The van der Waals surface area contributed by atoms with Crippen LogP contribution < -0.4 is 15.4 Å². The first-order valence-electron chi connectivity index (χ1n) is 7.91. The van der Waals surface area contributed by atoms with E-state index < -0.39 is 10.0 Å². The van der Waals surface area contributed by atoms with Gasteiger partial charge in [-0.2, -0.15) is 0 Å². The Morgan fingerprint density at radius 3 is 2.50 bits per heavy atom. The maximum atomic E-state index is 12.3. The first-order chi connectivity index (χ1) is 11.3. The van der Waals surface area contributed by atoms with Crippen LogP contribution >= 0.6 is 0 Å². The van der Waals surface area contributed by atoms with Gasteiger partial charge in [-0.1, -0.05) is 12.1 Å². The summed E-state index contributed by atoms with van der Waals surface area (Å²) in [6, 6.07) is 5.22. The second-order valence-corrected chi connectivity index (χ2v) is 7.74. The van der Waals surface area contributed by atoms with Gasteiger partial charge in [-0.3, -0.25) is 9.59 Å². The van der Waals surface area contributed by atoms with Gasteiger partial charge in [0.2, 0.25) is 21.8 Å². The number of carbonyl (C=O) groups is 2. The van der Waals surface area contributed by atoms with Crippen LogP contribution in [0.3, 0.4) is 0 Å². The predicted molar refractivity (Wildman–Crippen MR) is 89.8 cm³/mol. The van der Waals surface area contributed by atoms with Crippen LogP contribution in [0.4, 0.5) is 0 Å². The molecule has 0 aliphatic heterocycles. The average molecular weight is 353 g/mol. The van der Waals surface area contributed by atoms with Crippen molar-refractivity contribution in [3.63, 3.8) is 0 Å². The van der Waals surface area contributed by atoms with E-state index >= 15 is 0 Å². The first kappa shape index (κ1) is 18.4. The van der Waals surface area contributed by atoms with E-state index in [0.29, 0.717) is 5.56 Å². The summed E-state index contributed by atoms with van der Waals surface area (Å²) < 4.78 is 27.0. The molecule has 1 aliphatic rings. The standard InChI is InChI=1S/C16H23N3O4S/c1-11-3-4-12(2)14(9-11)24(22,23)19-8-7-17-15(20)10-18-16(21)13-5-6-13/h3-4,9,13,19H,5-8,10H2,1-2H3,(H,17,20)(H,18,21). The Kier molecular flexibility index (Phi) is 5.95. The van der Waals surface area contributed by atoms with E-state index in [1.807, 2.05) is 13.0 Å². The molecule has 1 saturated carbocycles. The van der Waals surface area contributed by atoms with Gasteiger partial charge in [0.05, 0.1) is 11.4 Å². The average Bonchev–Trinajstić information content (AvgIpc) is 3.36. The molecule has 1 aromatic carbocycles. The third-order valence-corrected chi connectivity index (χ3v) is 5.35. The smallest absolute Gasteiger partial charge is 0.240 e. The maximum absolute atomic E-state index is 12.3. The van der Waals surface area contributed by atoms with Gasteiger partial charge in [-0.15, -0.1) is 0 Å². The zero-order valence-electron chi connectivity index (χ0n) is 13.9. The van der Waals surface area contributed by atoms with Crippen LogP contribution in [-0.2, 0) is 19.6 Å². The lowest BCUT2D eigenvalue weighted by Crippen LogP contribution is -2.40. The van der Waals surface area contributed by atoms with Gasteiger partial charge in [0, 0.05) is 19.0 Å². The zero-order valence-corrected chi connectivity index (χ0v) is 14.7. The number of nitrogens with one attached hydrogen (secondary N) is 3. The highest BCUT2D eigenvalue weighted by atomic mass is 32.2. The minimum atomic E-state index is -3.61. The van der Waals surface area contributed by atoms with Crippen LogP contribution in [-0.4, -0.2) is 39.9 Å². The minimum absolute atomic E-state index is 0.0576. The van der Waals surface area contributed by atoms with Crippen LogP contribution in [0.1, 0.15) is 24.0 Å². The largest absolute Gasteiger partial charge is 0.353 e. The number of aryl methyl sites for hydroxylation is 2. The van der Waals surface area contributed by atoms with Crippen molar-refractivity contribution in [1.82, 2.24) is 15.4 Å². The molecule has 0 unspecified atom stereocenters. The highest BCUT2D eigenvalue weighted by molar-refractivity contribution is 7.89. The van der Waals surface area contributed by atoms with Crippen LogP contribution in [0.15, 0.2) is 23.1 Å². The van der Waals surface area contributed by atoms with Crippen LogP contribution in [0.25, 0.3) is 0 Å². The van der Waals surface area contributed by atoms with E-state index in [-0.39, 0.29) is 42.3 Å². The molecular weight excluding hydrogens is 330 g/mol. The van der Waals surface area contributed by atoms with E-state index in [9.17, 15) is 18.0 Å². The minimum Gasteiger partial charge on any atom is -0.353 e. The van der Waals surface area contributed by atoms with E-state index in [2.05, 4.69) is 15.4 Å². The van der Waals surface area contributed by atoms with Crippen molar-refractivity contribution in [3.8, 4) is 0 Å². The Bertz CT molecular complexity index is 727. The quantitative estimate of drug-likeness (QED) is 0.582. The molecular formula is C16H23N3O4S. The Hall–Kier alpha value is -1.93. The second kappa shape index (κ2) is 7.76. The molecule has 2 amide bonds. The highest BCUT2D eigenvalue weighted by Crippen LogP contribution is 2.28. The molecule has 132 valence electrons. The maximum Gasteiger partial charge on any atom is 0.240 e. The topological polar surface area (TPSA) is 104 Å². The third kappa shape index (κ3) is 5.31. The molecule has 1 aliphatic carbocycles. The molecule has 7 nitrogen and oxygen atoms in total. The van der Waals surface area contributed by atoms with Crippen LogP contribution in [0.5, 0.6) is 0 Å². The fourth-order valence-electron chi connectivity index (χ4n) is 2.18. The molecule has 1 aromatic rings. The van der Waals surface area contributed by atoms with Gasteiger partial charge in [-0.05, 0) is 43.9 Å². The molecule has 0 bridgehead atoms. The Morgan fingerprint density at radius 2 is 1.83 bits per heavy atom. The molecule has 0 atom stereocenters. The van der Waals surface area contributed by atoms with Gasteiger partial charge in [0.15, 0.2) is 0 Å². The Morgan fingerprint density at radius 1 is 1.12 bits per heavy atom. The molecule has 0 radical (unpaired) electrons. The van der Waals surface area contributed by atoms with Gasteiger partial charge in [0.1, 0.15) is 0 Å². The summed E-state index contributed by atoms with van der Waals surface area (Å²) in [7, 11) is -3.61. The molecule has 0 spiro atoms. The number of hydrogen-bond acceptors (Lipinski definition) is 4. The van der Waals surface area contributed by atoms with Gasteiger partial charge in [0.25, 0.3) is 0 Å². The SMILES string of the molecule is Cc1ccc(C)c(S(=O)(=O)NCCNC(=O)CNC(=O)C2CC2)c1. The number of amides is 2. The summed E-state index contributed by atoms with van der Waals surface area (Å²) in [5.74, 6) is -0.377. The van der Waals surface area contributed by atoms with Gasteiger partial charge >= 0.3 is 0 Å². The molecule has 0 saturated heterocycles. The Balaban J connectivity index is 1.73. The first-order valence-corrected chi connectivity index (χ1v) is 9.39. The molecule has 24 heavy (non-hydrogen) atoms. The summed E-state index contributed by atoms with van der Waals surface area (Å²) in [4.78, 5) is 23.2. The van der Waals surface area contributed by atoms with E-state index in [4.69, 9.17) is 0 Å². The zero-order chi connectivity index (χ0) is 17.7. The van der Waals surface area contributed by atoms with Crippen LogP contribution in [0.2, 0.25) is 0 Å². The molecule has 2 rings (SSSR count). The van der Waals surface area contributed by atoms with E-state index in [1.54, 1.807) is 19.1 Å². The second-order valence-electron chi connectivity index (χ2n) is 6.01. The van der Waals surface area contributed by atoms with Crippen molar-refractivity contribution in [2.45, 2.75) is 31.6 Å². The normalized spacial score (nSPS) is 14.2. The van der Waals surface area contributed by atoms with Crippen molar-refractivity contribution in [1.29, 1.82) is 0 Å². The summed E-state index contributed by atoms with van der Waals surface area (Å²) in [6.45, 7) is 3.71. The van der Waals surface area contributed by atoms with Crippen LogP contribution in [0, 0.1) is 19.8 Å². The predicted octanol–water partition coefficient (Wildman–Crippen LogP) is 0.224. The molecule has 3 N–H and O–H groups in total. The van der Waals surface area contributed by atoms with Crippen molar-refractivity contribution in [3.05, 3.63) is 29.3 Å². The fraction of sp³-hybridized carbons (Fsp3) is 0.500. The third-order valence-electron chi connectivity index (χ3n) is 3.74.